The highest BCUT2D eigenvalue weighted by molar-refractivity contribution is 7.15. The molecule has 0 aliphatic carbocycles. The van der Waals surface area contributed by atoms with E-state index in [-0.39, 0.29) is 0 Å². The van der Waals surface area contributed by atoms with Crippen molar-refractivity contribution in [3.05, 3.63) is 29.3 Å². The SMILES string of the molecule is CCNC(C)c1cnc(-c2ccc3c(c2)OCCO3)s1. The Labute approximate surface area is 122 Å². The van der Waals surface area contributed by atoms with E-state index in [1.807, 2.05) is 24.4 Å². The predicted molar refractivity (Wildman–Crippen MR) is 80.6 cm³/mol. The molecule has 106 valence electrons. The molecule has 1 aromatic carbocycles. The number of ether oxygens (including phenoxy) is 2. The first kappa shape index (κ1) is 13.4. The maximum Gasteiger partial charge on any atom is 0.162 e. The largest absolute Gasteiger partial charge is 0.486 e. The summed E-state index contributed by atoms with van der Waals surface area (Å²) in [6.07, 6.45) is 1.95. The number of thiazole rings is 1. The average Bonchev–Trinajstić information content (AvgIpc) is 2.97. The van der Waals surface area contributed by atoms with Crippen LogP contribution in [0.15, 0.2) is 24.4 Å². The van der Waals surface area contributed by atoms with E-state index in [9.17, 15) is 0 Å². The normalized spacial score (nSPS) is 15.1. The third-order valence-electron chi connectivity index (χ3n) is 3.25. The van der Waals surface area contributed by atoms with E-state index in [1.54, 1.807) is 11.3 Å². The molecule has 1 aromatic heterocycles. The molecule has 0 spiro atoms. The minimum Gasteiger partial charge on any atom is -0.486 e. The Bertz CT molecular complexity index is 597. The molecule has 1 aliphatic heterocycles. The molecule has 0 amide bonds. The van der Waals surface area contributed by atoms with E-state index in [4.69, 9.17) is 9.47 Å². The van der Waals surface area contributed by atoms with Crippen molar-refractivity contribution >= 4 is 11.3 Å². The van der Waals surface area contributed by atoms with Crippen molar-refractivity contribution in [2.45, 2.75) is 19.9 Å². The lowest BCUT2D eigenvalue weighted by Gasteiger charge is -2.18. The van der Waals surface area contributed by atoms with Crippen molar-refractivity contribution < 1.29 is 9.47 Å². The summed E-state index contributed by atoms with van der Waals surface area (Å²) < 4.78 is 11.2. The number of nitrogens with zero attached hydrogens (tertiary/aromatic N) is 1. The van der Waals surface area contributed by atoms with Gasteiger partial charge in [-0.05, 0) is 31.7 Å². The minimum absolute atomic E-state index is 0.337. The number of hydrogen-bond acceptors (Lipinski definition) is 5. The lowest BCUT2D eigenvalue weighted by molar-refractivity contribution is 0.171. The highest BCUT2D eigenvalue weighted by Crippen LogP contribution is 2.36. The van der Waals surface area contributed by atoms with E-state index in [1.165, 1.54) is 4.88 Å². The Morgan fingerprint density at radius 2 is 2.10 bits per heavy atom. The lowest BCUT2D eigenvalue weighted by Crippen LogP contribution is -2.16. The Morgan fingerprint density at radius 1 is 1.30 bits per heavy atom. The summed E-state index contributed by atoms with van der Waals surface area (Å²) in [6.45, 7) is 6.45. The van der Waals surface area contributed by atoms with Crippen molar-refractivity contribution in [2.75, 3.05) is 19.8 Å². The number of fused-ring (bicyclic) bond motifs is 1. The van der Waals surface area contributed by atoms with Gasteiger partial charge in [0.1, 0.15) is 18.2 Å². The number of nitrogens with one attached hydrogen (secondary N) is 1. The molecule has 5 heteroatoms. The zero-order valence-electron chi connectivity index (χ0n) is 11.7. The smallest absolute Gasteiger partial charge is 0.162 e. The summed E-state index contributed by atoms with van der Waals surface area (Å²) in [5.74, 6) is 1.63. The third kappa shape index (κ3) is 2.64. The van der Waals surface area contributed by atoms with Gasteiger partial charge < -0.3 is 14.8 Å². The fraction of sp³-hybridized carbons (Fsp3) is 0.400. The molecule has 0 bridgehead atoms. The lowest BCUT2D eigenvalue weighted by atomic mass is 10.2. The average molecular weight is 290 g/mol. The molecule has 0 saturated heterocycles. The summed E-state index contributed by atoms with van der Waals surface area (Å²) >= 11 is 1.71. The zero-order valence-corrected chi connectivity index (χ0v) is 12.5. The van der Waals surface area contributed by atoms with Crippen molar-refractivity contribution in [2.24, 2.45) is 0 Å². The summed E-state index contributed by atoms with van der Waals surface area (Å²) in [5.41, 5.74) is 1.08. The van der Waals surface area contributed by atoms with Crippen LogP contribution >= 0.6 is 11.3 Å². The first-order valence-corrected chi connectivity index (χ1v) is 7.68. The standard InChI is InChI=1S/C15H18N2O2S/c1-3-16-10(2)14-9-17-15(20-14)11-4-5-12-13(8-11)19-7-6-18-12/h4-5,8-10,16H,3,6-7H2,1-2H3. The first-order chi connectivity index (χ1) is 9.78. The van der Waals surface area contributed by atoms with Crippen LogP contribution in [-0.2, 0) is 0 Å². The van der Waals surface area contributed by atoms with E-state index < -0.39 is 0 Å². The van der Waals surface area contributed by atoms with Gasteiger partial charge in [-0.3, -0.25) is 0 Å². The predicted octanol–water partition coefficient (Wildman–Crippen LogP) is 3.25. The van der Waals surface area contributed by atoms with Gasteiger partial charge in [0.25, 0.3) is 0 Å². The van der Waals surface area contributed by atoms with Crippen molar-refractivity contribution in [1.29, 1.82) is 0 Å². The maximum absolute atomic E-state index is 5.62. The van der Waals surface area contributed by atoms with Gasteiger partial charge in [-0.15, -0.1) is 11.3 Å². The van der Waals surface area contributed by atoms with E-state index in [0.29, 0.717) is 19.3 Å². The minimum atomic E-state index is 0.337. The van der Waals surface area contributed by atoms with Crippen LogP contribution in [-0.4, -0.2) is 24.7 Å². The van der Waals surface area contributed by atoms with Gasteiger partial charge in [0.05, 0.1) is 0 Å². The molecule has 1 N–H and O–H groups in total. The quantitative estimate of drug-likeness (QED) is 0.938. The van der Waals surface area contributed by atoms with Crippen LogP contribution < -0.4 is 14.8 Å². The second-order valence-corrected chi connectivity index (χ2v) is 5.77. The van der Waals surface area contributed by atoms with Crippen LogP contribution in [0.5, 0.6) is 11.5 Å². The summed E-state index contributed by atoms with van der Waals surface area (Å²) in [6, 6.07) is 6.34. The Hall–Kier alpha value is -1.59. The number of aromatic nitrogens is 1. The molecule has 3 rings (SSSR count). The molecule has 1 aliphatic rings. The highest BCUT2D eigenvalue weighted by atomic mass is 32.1. The second-order valence-electron chi connectivity index (χ2n) is 4.71. The van der Waals surface area contributed by atoms with Crippen LogP contribution in [0.25, 0.3) is 10.6 Å². The van der Waals surface area contributed by atoms with Crippen LogP contribution in [0.4, 0.5) is 0 Å². The van der Waals surface area contributed by atoms with Crippen LogP contribution in [0.1, 0.15) is 24.8 Å². The Balaban J connectivity index is 1.86. The first-order valence-electron chi connectivity index (χ1n) is 6.87. The molecule has 0 fully saturated rings. The molecule has 2 heterocycles. The number of hydrogen-bond donors (Lipinski definition) is 1. The topological polar surface area (TPSA) is 43.4 Å². The van der Waals surface area contributed by atoms with Crippen molar-refractivity contribution in [1.82, 2.24) is 10.3 Å². The molecule has 1 atom stereocenters. The van der Waals surface area contributed by atoms with Crippen LogP contribution in [0.3, 0.4) is 0 Å². The third-order valence-corrected chi connectivity index (χ3v) is 4.48. The van der Waals surface area contributed by atoms with Crippen LogP contribution in [0.2, 0.25) is 0 Å². The number of rotatable bonds is 4. The Morgan fingerprint density at radius 3 is 2.90 bits per heavy atom. The van der Waals surface area contributed by atoms with Gasteiger partial charge in [-0.25, -0.2) is 4.98 Å². The molecule has 4 nitrogen and oxygen atoms in total. The fourth-order valence-electron chi connectivity index (χ4n) is 2.20. The summed E-state index contributed by atoms with van der Waals surface area (Å²) in [7, 11) is 0. The van der Waals surface area contributed by atoms with Gasteiger partial charge in [0, 0.05) is 22.7 Å². The fourth-order valence-corrected chi connectivity index (χ4v) is 3.14. The number of benzene rings is 1. The van der Waals surface area contributed by atoms with Crippen LogP contribution in [0, 0.1) is 0 Å². The highest BCUT2D eigenvalue weighted by Gasteiger charge is 2.15. The van der Waals surface area contributed by atoms with Gasteiger partial charge >= 0.3 is 0 Å². The molecule has 1 unspecified atom stereocenters. The van der Waals surface area contributed by atoms with E-state index >= 15 is 0 Å². The van der Waals surface area contributed by atoms with Gasteiger partial charge in [-0.1, -0.05) is 6.92 Å². The molecular weight excluding hydrogens is 272 g/mol. The van der Waals surface area contributed by atoms with Gasteiger partial charge in [0.2, 0.25) is 0 Å². The molecule has 20 heavy (non-hydrogen) atoms. The zero-order chi connectivity index (χ0) is 13.9. The molecular formula is C15H18N2O2S. The monoisotopic (exact) mass is 290 g/mol. The summed E-state index contributed by atoms with van der Waals surface area (Å²) in [5, 5.41) is 4.42. The molecule has 0 saturated carbocycles. The van der Waals surface area contributed by atoms with E-state index in [2.05, 4.69) is 24.1 Å². The molecule has 2 aromatic rings. The van der Waals surface area contributed by atoms with Crippen molar-refractivity contribution in [3.8, 4) is 22.1 Å². The summed E-state index contributed by atoms with van der Waals surface area (Å²) in [4.78, 5) is 5.77. The van der Waals surface area contributed by atoms with Crippen molar-refractivity contribution in [3.63, 3.8) is 0 Å². The van der Waals surface area contributed by atoms with Gasteiger partial charge in [-0.2, -0.15) is 0 Å². The second kappa shape index (κ2) is 5.81. The molecule has 0 radical (unpaired) electrons. The Kier molecular flexibility index (Phi) is 3.89. The van der Waals surface area contributed by atoms with Gasteiger partial charge in [0.15, 0.2) is 11.5 Å². The maximum atomic E-state index is 5.62. The van der Waals surface area contributed by atoms with E-state index in [0.717, 1.165) is 28.6 Å².